The molecule has 0 saturated carbocycles. The van der Waals surface area contributed by atoms with E-state index in [-0.39, 0.29) is 30.9 Å². The smallest absolute Gasteiger partial charge is 0.327 e. The van der Waals surface area contributed by atoms with Gasteiger partial charge in [-0.05, 0) is 18.1 Å². The second kappa shape index (κ2) is 7.90. The zero-order chi connectivity index (χ0) is 17.7. The normalized spacial score (nSPS) is 15.8. The van der Waals surface area contributed by atoms with Gasteiger partial charge in [-0.25, -0.2) is 4.79 Å². The first-order chi connectivity index (χ1) is 11.5. The fourth-order valence-electron chi connectivity index (χ4n) is 2.80. The van der Waals surface area contributed by atoms with Crippen molar-refractivity contribution in [2.24, 2.45) is 0 Å². The minimum absolute atomic E-state index is 0.0255. The Morgan fingerprint density at radius 3 is 2.71 bits per heavy atom. The van der Waals surface area contributed by atoms with Crippen molar-refractivity contribution < 1.29 is 14.4 Å². The number of unbranched alkanes of at least 4 members (excludes halogenated alkanes) is 1. The first-order valence-corrected chi connectivity index (χ1v) is 8.16. The van der Waals surface area contributed by atoms with Crippen molar-refractivity contribution in [3.8, 4) is 0 Å². The fraction of sp³-hybridized carbons (Fsp3) is 0.529. The summed E-state index contributed by atoms with van der Waals surface area (Å²) in [6.45, 7) is 1.90. The standard InChI is InChI=1S/C17H24N4O3/c1-4-5-8-14(13-7-6-9-18-10-13)20(3)15(22)12-21-16(23)11-19(2)17(21)24/h6-7,9-10,14H,4-5,8,11-12H2,1-3H3/t14-/m1/s1. The highest BCUT2D eigenvalue weighted by molar-refractivity contribution is 6.04. The zero-order valence-corrected chi connectivity index (χ0v) is 14.4. The summed E-state index contributed by atoms with van der Waals surface area (Å²) in [7, 11) is 3.26. The zero-order valence-electron chi connectivity index (χ0n) is 14.4. The maximum absolute atomic E-state index is 12.6. The highest BCUT2D eigenvalue weighted by Gasteiger charge is 2.36. The summed E-state index contributed by atoms with van der Waals surface area (Å²) in [6, 6.07) is 3.25. The number of hydrogen-bond acceptors (Lipinski definition) is 4. The number of rotatable bonds is 7. The molecule has 1 aliphatic heterocycles. The lowest BCUT2D eigenvalue weighted by molar-refractivity contribution is -0.137. The van der Waals surface area contributed by atoms with Crippen LogP contribution < -0.4 is 0 Å². The van der Waals surface area contributed by atoms with Crippen molar-refractivity contribution in [1.29, 1.82) is 0 Å². The number of amides is 4. The molecule has 7 nitrogen and oxygen atoms in total. The van der Waals surface area contributed by atoms with Gasteiger partial charge in [0, 0.05) is 26.5 Å². The van der Waals surface area contributed by atoms with Gasteiger partial charge in [0.05, 0.1) is 6.04 Å². The largest absolute Gasteiger partial charge is 0.337 e. The van der Waals surface area contributed by atoms with E-state index in [1.807, 2.05) is 12.1 Å². The predicted octanol–water partition coefficient (Wildman–Crippen LogP) is 1.67. The van der Waals surface area contributed by atoms with Crippen LogP contribution in [0.4, 0.5) is 4.79 Å². The van der Waals surface area contributed by atoms with Crippen molar-refractivity contribution in [2.75, 3.05) is 27.2 Å². The Morgan fingerprint density at radius 1 is 1.42 bits per heavy atom. The number of carbonyl (C=O) groups excluding carboxylic acids is 3. The van der Waals surface area contributed by atoms with Gasteiger partial charge >= 0.3 is 6.03 Å². The summed E-state index contributed by atoms with van der Waals surface area (Å²) < 4.78 is 0. The van der Waals surface area contributed by atoms with E-state index >= 15 is 0 Å². The van der Waals surface area contributed by atoms with Crippen molar-refractivity contribution in [3.63, 3.8) is 0 Å². The molecule has 1 aromatic heterocycles. The summed E-state index contributed by atoms with van der Waals surface area (Å²) in [6.07, 6.45) is 6.25. The van der Waals surface area contributed by atoms with Crippen LogP contribution in [0.15, 0.2) is 24.5 Å². The Hall–Kier alpha value is -2.44. The van der Waals surface area contributed by atoms with E-state index in [1.54, 1.807) is 31.4 Å². The maximum Gasteiger partial charge on any atom is 0.327 e. The van der Waals surface area contributed by atoms with Gasteiger partial charge in [-0.2, -0.15) is 0 Å². The Balaban J connectivity index is 2.11. The van der Waals surface area contributed by atoms with E-state index in [0.29, 0.717) is 0 Å². The lowest BCUT2D eigenvalue weighted by Gasteiger charge is -2.29. The third kappa shape index (κ3) is 3.90. The van der Waals surface area contributed by atoms with Gasteiger partial charge < -0.3 is 9.80 Å². The van der Waals surface area contributed by atoms with Gasteiger partial charge in [-0.15, -0.1) is 0 Å². The van der Waals surface area contributed by atoms with E-state index in [0.717, 1.165) is 29.7 Å². The summed E-state index contributed by atoms with van der Waals surface area (Å²) >= 11 is 0. The fourth-order valence-corrected chi connectivity index (χ4v) is 2.80. The molecule has 1 fully saturated rings. The molecule has 0 unspecified atom stereocenters. The Kier molecular flexibility index (Phi) is 5.89. The quantitative estimate of drug-likeness (QED) is 0.712. The summed E-state index contributed by atoms with van der Waals surface area (Å²) in [5, 5.41) is 0. The molecule has 0 spiro atoms. The lowest BCUT2D eigenvalue weighted by Crippen LogP contribution is -2.43. The van der Waals surface area contributed by atoms with Crippen LogP contribution in [0.25, 0.3) is 0 Å². The number of likely N-dealkylation sites (N-methyl/N-ethyl adjacent to an activating group) is 2. The number of urea groups is 1. The number of imide groups is 1. The van der Waals surface area contributed by atoms with Crippen molar-refractivity contribution in [1.82, 2.24) is 19.7 Å². The molecule has 1 aliphatic rings. The second-order valence-electron chi connectivity index (χ2n) is 6.07. The molecule has 0 aromatic carbocycles. The van der Waals surface area contributed by atoms with Crippen LogP contribution in [0, 0.1) is 0 Å². The number of carbonyl (C=O) groups is 3. The molecule has 0 bridgehead atoms. The lowest BCUT2D eigenvalue weighted by atomic mass is 10.0. The van der Waals surface area contributed by atoms with Gasteiger partial charge in [0.1, 0.15) is 13.1 Å². The molecule has 7 heteroatoms. The summed E-state index contributed by atoms with van der Waals surface area (Å²) in [5.41, 5.74) is 0.956. The highest BCUT2D eigenvalue weighted by atomic mass is 16.2. The molecule has 2 rings (SSSR count). The second-order valence-corrected chi connectivity index (χ2v) is 6.07. The monoisotopic (exact) mass is 332 g/mol. The molecule has 0 radical (unpaired) electrons. The highest BCUT2D eigenvalue weighted by Crippen LogP contribution is 2.25. The van der Waals surface area contributed by atoms with E-state index in [9.17, 15) is 14.4 Å². The van der Waals surface area contributed by atoms with Crippen LogP contribution in [-0.4, -0.2) is 64.7 Å². The number of aromatic nitrogens is 1. The molecule has 0 N–H and O–H groups in total. The van der Waals surface area contributed by atoms with Gasteiger partial charge in [-0.3, -0.25) is 19.5 Å². The Labute approximate surface area is 142 Å². The maximum atomic E-state index is 12.6. The number of hydrogen-bond donors (Lipinski definition) is 0. The summed E-state index contributed by atoms with van der Waals surface area (Å²) in [4.78, 5) is 44.5. The van der Waals surface area contributed by atoms with E-state index in [1.165, 1.54) is 4.90 Å². The van der Waals surface area contributed by atoms with Gasteiger partial charge in [-0.1, -0.05) is 25.8 Å². The molecular formula is C17H24N4O3. The predicted molar refractivity (Wildman–Crippen MR) is 89.0 cm³/mol. The molecule has 2 heterocycles. The van der Waals surface area contributed by atoms with E-state index in [4.69, 9.17) is 0 Å². The Morgan fingerprint density at radius 2 is 2.17 bits per heavy atom. The van der Waals surface area contributed by atoms with Crippen LogP contribution in [-0.2, 0) is 9.59 Å². The summed E-state index contributed by atoms with van der Waals surface area (Å²) in [5.74, 6) is -0.590. The van der Waals surface area contributed by atoms with Gasteiger partial charge in [0.15, 0.2) is 0 Å². The van der Waals surface area contributed by atoms with Crippen LogP contribution in [0.5, 0.6) is 0 Å². The number of pyridine rings is 1. The molecule has 1 aromatic rings. The van der Waals surface area contributed by atoms with Crippen LogP contribution >= 0.6 is 0 Å². The molecule has 24 heavy (non-hydrogen) atoms. The van der Waals surface area contributed by atoms with Gasteiger partial charge in [0.25, 0.3) is 5.91 Å². The first kappa shape index (κ1) is 17.9. The molecule has 4 amide bonds. The minimum atomic E-state index is -0.423. The SMILES string of the molecule is CCCC[C@H](c1cccnc1)N(C)C(=O)CN1C(=O)CN(C)C1=O. The molecule has 0 aliphatic carbocycles. The van der Waals surface area contributed by atoms with Crippen molar-refractivity contribution >= 4 is 17.8 Å². The van der Waals surface area contributed by atoms with Crippen molar-refractivity contribution in [3.05, 3.63) is 30.1 Å². The van der Waals surface area contributed by atoms with E-state index in [2.05, 4.69) is 11.9 Å². The van der Waals surface area contributed by atoms with Crippen LogP contribution in [0.2, 0.25) is 0 Å². The average molecular weight is 332 g/mol. The molecule has 130 valence electrons. The van der Waals surface area contributed by atoms with E-state index < -0.39 is 6.03 Å². The molecule has 1 saturated heterocycles. The molecule has 1 atom stereocenters. The topological polar surface area (TPSA) is 73.8 Å². The van der Waals surface area contributed by atoms with Gasteiger partial charge in [0.2, 0.25) is 5.91 Å². The number of nitrogens with zero attached hydrogens (tertiary/aromatic N) is 4. The molecular weight excluding hydrogens is 308 g/mol. The third-order valence-electron chi connectivity index (χ3n) is 4.29. The third-order valence-corrected chi connectivity index (χ3v) is 4.29. The van der Waals surface area contributed by atoms with Crippen LogP contribution in [0.3, 0.4) is 0 Å². The minimum Gasteiger partial charge on any atom is -0.337 e. The van der Waals surface area contributed by atoms with Crippen LogP contribution in [0.1, 0.15) is 37.8 Å². The average Bonchev–Trinajstić information content (AvgIpc) is 2.82. The first-order valence-electron chi connectivity index (χ1n) is 8.16. The van der Waals surface area contributed by atoms with Crippen molar-refractivity contribution in [2.45, 2.75) is 32.2 Å². The Bertz CT molecular complexity index is 605.